The van der Waals surface area contributed by atoms with E-state index < -0.39 is 5.92 Å². The highest BCUT2D eigenvalue weighted by molar-refractivity contribution is 5.78. The molecule has 4 atom stereocenters. The molecule has 1 unspecified atom stereocenters. The first-order valence-corrected chi connectivity index (χ1v) is 8.37. The Morgan fingerprint density at radius 1 is 1.23 bits per heavy atom. The standard InChI is InChI=1S/C19H28O3/c1-13(2)16-9-14(3)10-17(11-16)22-19(21)18(12-20)15-7-5-4-6-8-15/h4-8,13-14,16-18,20H,9-12H2,1-3H3/t14?,16-,17-,18-/m0/s1. The molecule has 1 aromatic rings. The molecule has 0 heterocycles. The number of esters is 1. The Kier molecular flexibility index (Phi) is 6.01. The van der Waals surface area contributed by atoms with Gasteiger partial charge in [0.15, 0.2) is 0 Å². The molecule has 0 bridgehead atoms. The lowest BCUT2D eigenvalue weighted by atomic mass is 9.75. The zero-order valence-corrected chi connectivity index (χ0v) is 13.9. The van der Waals surface area contributed by atoms with Crippen LogP contribution in [0.15, 0.2) is 30.3 Å². The van der Waals surface area contributed by atoms with E-state index in [1.165, 1.54) is 6.42 Å². The average Bonchev–Trinajstić information content (AvgIpc) is 2.48. The van der Waals surface area contributed by atoms with Crippen molar-refractivity contribution in [3.05, 3.63) is 35.9 Å². The first-order chi connectivity index (χ1) is 10.5. The third-order valence-corrected chi connectivity index (χ3v) is 4.83. The van der Waals surface area contributed by atoms with Gasteiger partial charge < -0.3 is 9.84 Å². The van der Waals surface area contributed by atoms with E-state index in [0.29, 0.717) is 17.8 Å². The van der Waals surface area contributed by atoms with E-state index in [2.05, 4.69) is 20.8 Å². The zero-order valence-electron chi connectivity index (χ0n) is 13.9. The Balaban J connectivity index is 2.00. The monoisotopic (exact) mass is 304 g/mol. The van der Waals surface area contributed by atoms with Crippen LogP contribution in [0.4, 0.5) is 0 Å². The second-order valence-corrected chi connectivity index (χ2v) is 7.02. The minimum absolute atomic E-state index is 0.0126. The summed E-state index contributed by atoms with van der Waals surface area (Å²) in [6, 6.07) is 9.38. The molecule has 0 radical (unpaired) electrons. The van der Waals surface area contributed by atoms with E-state index in [4.69, 9.17) is 4.74 Å². The molecule has 1 aliphatic rings. The van der Waals surface area contributed by atoms with Crippen molar-refractivity contribution < 1.29 is 14.6 Å². The SMILES string of the molecule is CC1C[C@H](OC(=O)[C@@H](CO)c2ccccc2)C[C@@H](C(C)C)C1. The molecule has 3 heteroatoms. The molecule has 3 nitrogen and oxygen atoms in total. The highest BCUT2D eigenvalue weighted by Crippen LogP contribution is 2.35. The maximum Gasteiger partial charge on any atom is 0.316 e. The fraction of sp³-hybridized carbons (Fsp3) is 0.632. The minimum atomic E-state index is -0.573. The molecule has 1 aromatic carbocycles. The van der Waals surface area contributed by atoms with Gasteiger partial charge in [-0.1, -0.05) is 51.1 Å². The predicted molar refractivity (Wildman–Crippen MR) is 87.5 cm³/mol. The predicted octanol–water partition coefficient (Wildman–Crippen LogP) is 3.77. The van der Waals surface area contributed by atoms with E-state index in [9.17, 15) is 9.90 Å². The van der Waals surface area contributed by atoms with Crippen LogP contribution in [-0.4, -0.2) is 23.8 Å². The molecular formula is C19H28O3. The van der Waals surface area contributed by atoms with Crippen molar-refractivity contribution in [1.29, 1.82) is 0 Å². The summed E-state index contributed by atoms with van der Waals surface area (Å²) in [6.07, 6.45) is 3.08. The molecule has 1 aliphatic carbocycles. The molecule has 1 saturated carbocycles. The van der Waals surface area contributed by atoms with Crippen molar-refractivity contribution in [2.75, 3.05) is 6.61 Å². The van der Waals surface area contributed by atoms with Crippen LogP contribution in [0, 0.1) is 17.8 Å². The van der Waals surface area contributed by atoms with Crippen LogP contribution in [0.2, 0.25) is 0 Å². The molecule has 22 heavy (non-hydrogen) atoms. The molecule has 0 spiro atoms. The maximum atomic E-state index is 12.4. The van der Waals surface area contributed by atoms with Crippen LogP contribution in [0.5, 0.6) is 0 Å². The van der Waals surface area contributed by atoms with Gasteiger partial charge >= 0.3 is 5.97 Å². The van der Waals surface area contributed by atoms with Crippen molar-refractivity contribution in [3.8, 4) is 0 Å². The number of ether oxygens (including phenoxy) is 1. The Morgan fingerprint density at radius 2 is 1.91 bits per heavy atom. The molecular weight excluding hydrogens is 276 g/mol. The number of carbonyl (C=O) groups is 1. The lowest BCUT2D eigenvalue weighted by Gasteiger charge is -2.35. The van der Waals surface area contributed by atoms with Crippen LogP contribution in [-0.2, 0) is 9.53 Å². The van der Waals surface area contributed by atoms with Crippen LogP contribution < -0.4 is 0 Å². The van der Waals surface area contributed by atoms with E-state index in [-0.39, 0.29) is 18.7 Å². The molecule has 1 fully saturated rings. The highest BCUT2D eigenvalue weighted by atomic mass is 16.5. The second-order valence-electron chi connectivity index (χ2n) is 7.02. The summed E-state index contributed by atoms with van der Waals surface area (Å²) in [5, 5.41) is 9.57. The summed E-state index contributed by atoms with van der Waals surface area (Å²) >= 11 is 0. The minimum Gasteiger partial charge on any atom is -0.462 e. The van der Waals surface area contributed by atoms with Crippen molar-refractivity contribution in [2.24, 2.45) is 17.8 Å². The molecule has 0 aromatic heterocycles. The van der Waals surface area contributed by atoms with Crippen molar-refractivity contribution in [3.63, 3.8) is 0 Å². The first-order valence-electron chi connectivity index (χ1n) is 8.37. The molecule has 0 saturated heterocycles. The number of benzene rings is 1. The fourth-order valence-electron chi connectivity index (χ4n) is 3.48. The van der Waals surface area contributed by atoms with Gasteiger partial charge in [0.2, 0.25) is 0 Å². The number of aliphatic hydroxyl groups is 1. The quantitative estimate of drug-likeness (QED) is 0.842. The number of rotatable bonds is 5. The topological polar surface area (TPSA) is 46.5 Å². The zero-order chi connectivity index (χ0) is 16.1. The number of carbonyl (C=O) groups excluding carboxylic acids is 1. The fourth-order valence-corrected chi connectivity index (χ4v) is 3.48. The van der Waals surface area contributed by atoms with Gasteiger partial charge in [0.1, 0.15) is 12.0 Å². The summed E-state index contributed by atoms with van der Waals surface area (Å²) in [6.45, 7) is 6.50. The van der Waals surface area contributed by atoms with Gasteiger partial charge in [-0.3, -0.25) is 4.79 Å². The second kappa shape index (κ2) is 7.77. The van der Waals surface area contributed by atoms with Crippen LogP contribution >= 0.6 is 0 Å². The Bertz CT molecular complexity index is 469. The smallest absolute Gasteiger partial charge is 0.316 e. The normalized spacial score (nSPS) is 26.7. The summed E-state index contributed by atoms with van der Waals surface area (Å²) in [7, 11) is 0. The van der Waals surface area contributed by atoms with Crippen LogP contribution in [0.3, 0.4) is 0 Å². The summed E-state index contributed by atoms with van der Waals surface area (Å²) in [4.78, 5) is 12.4. The molecule has 1 N–H and O–H groups in total. The average molecular weight is 304 g/mol. The Morgan fingerprint density at radius 3 is 2.50 bits per heavy atom. The number of hydrogen-bond acceptors (Lipinski definition) is 3. The highest BCUT2D eigenvalue weighted by Gasteiger charge is 2.32. The van der Waals surface area contributed by atoms with Crippen LogP contribution in [0.25, 0.3) is 0 Å². The number of aliphatic hydroxyl groups excluding tert-OH is 1. The van der Waals surface area contributed by atoms with E-state index in [0.717, 1.165) is 18.4 Å². The lowest BCUT2D eigenvalue weighted by Crippen LogP contribution is -2.33. The van der Waals surface area contributed by atoms with Gasteiger partial charge in [-0.25, -0.2) is 0 Å². The Hall–Kier alpha value is -1.35. The Labute approximate surface area is 133 Å². The maximum absolute atomic E-state index is 12.4. The summed E-state index contributed by atoms with van der Waals surface area (Å²) in [5.74, 6) is 0.951. The van der Waals surface area contributed by atoms with Gasteiger partial charge in [0.05, 0.1) is 6.61 Å². The third-order valence-electron chi connectivity index (χ3n) is 4.83. The van der Waals surface area contributed by atoms with Crippen molar-refractivity contribution >= 4 is 5.97 Å². The summed E-state index contributed by atoms with van der Waals surface area (Å²) in [5.41, 5.74) is 0.819. The first kappa shape index (κ1) is 17.0. The van der Waals surface area contributed by atoms with Gasteiger partial charge in [0, 0.05) is 0 Å². The number of hydrogen-bond donors (Lipinski definition) is 1. The molecule has 0 aliphatic heterocycles. The van der Waals surface area contributed by atoms with Crippen molar-refractivity contribution in [1.82, 2.24) is 0 Å². The van der Waals surface area contributed by atoms with Gasteiger partial charge in [0.25, 0.3) is 0 Å². The van der Waals surface area contributed by atoms with E-state index in [1.807, 2.05) is 30.3 Å². The third kappa shape index (κ3) is 4.33. The summed E-state index contributed by atoms with van der Waals surface area (Å²) < 4.78 is 5.75. The van der Waals surface area contributed by atoms with Gasteiger partial charge in [-0.15, -0.1) is 0 Å². The molecule has 122 valence electrons. The van der Waals surface area contributed by atoms with E-state index >= 15 is 0 Å². The molecule has 2 rings (SSSR count). The van der Waals surface area contributed by atoms with Crippen molar-refractivity contribution in [2.45, 2.75) is 52.1 Å². The van der Waals surface area contributed by atoms with Gasteiger partial charge in [-0.2, -0.15) is 0 Å². The lowest BCUT2D eigenvalue weighted by molar-refractivity contribution is -0.155. The van der Waals surface area contributed by atoms with Gasteiger partial charge in [-0.05, 0) is 42.6 Å². The van der Waals surface area contributed by atoms with E-state index in [1.54, 1.807) is 0 Å². The molecule has 0 amide bonds. The largest absolute Gasteiger partial charge is 0.462 e. The van der Waals surface area contributed by atoms with Crippen LogP contribution in [0.1, 0.15) is 51.5 Å².